The van der Waals surface area contributed by atoms with Crippen LogP contribution in [0.5, 0.6) is 0 Å². The van der Waals surface area contributed by atoms with Crippen LogP contribution in [0.25, 0.3) is 33.8 Å². The molecule has 106 valence electrons. The van der Waals surface area contributed by atoms with E-state index in [1.807, 2.05) is 30.3 Å². The number of aromatic amines is 1. The minimum absolute atomic E-state index is 0.371. The fourth-order valence-electron chi connectivity index (χ4n) is 2.26. The maximum Gasteiger partial charge on any atom is 0.181 e. The van der Waals surface area contributed by atoms with E-state index in [1.54, 1.807) is 18.6 Å². The standard InChI is InChI=1S/C15H11N7/c16-13-10(11-5-1-2-6-17-11)8-19-15(20-13)12-9-4-3-7-18-14(9)22-21-12/h1-8H,(H2,16,19,20)(H,18,21,22). The molecule has 4 heterocycles. The molecule has 0 aliphatic rings. The van der Waals surface area contributed by atoms with Gasteiger partial charge >= 0.3 is 0 Å². The summed E-state index contributed by atoms with van der Waals surface area (Å²) in [7, 11) is 0. The summed E-state index contributed by atoms with van der Waals surface area (Å²) >= 11 is 0. The van der Waals surface area contributed by atoms with Gasteiger partial charge < -0.3 is 5.73 Å². The molecule has 0 aliphatic carbocycles. The van der Waals surface area contributed by atoms with Crippen LogP contribution in [0.4, 0.5) is 5.82 Å². The molecular formula is C15H11N7. The van der Waals surface area contributed by atoms with E-state index in [9.17, 15) is 0 Å². The van der Waals surface area contributed by atoms with Crippen molar-refractivity contribution in [1.82, 2.24) is 30.1 Å². The van der Waals surface area contributed by atoms with Crippen LogP contribution in [0.2, 0.25) is 0 Å². The van der Waals surface area contributed by atoms with Crippen LogP contribution >= 0.6 is 0 Å². The third-order valence-corrected chi connectivity index (χ3v) is 3.31. The van der Waals surface area contributed by atoms with Gasteiger partial charge in [-0.1, -0.05) is 6.07 Å². The summed E-state index contributed by atoms with van der Waals surface area (Å²) < 4.78 is 0. The van der Waals surface area contributed by atoms with E-state index < -0.39 is 0 Å². The quantitative estimate of drug-likeness (QED) is 0.585. The van der Waals surface area contributed by atoms with Crippen LogP contribution in [0.3, 0.4) is 0 Å². The highest BCUT2D eigenvalue weighted by Crippen LogP contribution is 2.26. The number of pyridine rings is 2. The van der Waals surface area contributed by atoms with Crippen LogP contribution in [0.1, 0.15) is 0 Å². The molecule has 0 aromatic carbocycles. The molecule has 3 N–H and O–H groups in total. The molecule has 0 radical (unpaired) electrons. The summed E-state index contributed by atoms with van der Waals surface area (Å²) in [6.07, 6.45) is 5.06. The summed E-state index contributed by atoms with van der Waals surface area (Å²) in [4.78, 5) is 17.2. The van der Waals surface area contributed by atoms with Crippen LogP contribution in [-0.2, 0) is 0 Å². The van der Waals surface area contributed by atoms with Gasteiger partial charge in [0.05, 0.1) is 11.3 Å². The predicted octanol–water partition coefficient (Wildman–Crippen LogP) is 2.06. The molecule has 0 fully saturated rings. The Balaban J connectivity index is 1.83. The average molecular weight is 289 g/mol. The average Bonchev–Trinajstić information content (AvgIpc) is 2.99. The van der Waals surface area contributed by atoms with E-state index in [-0.39, 0.29) is 0 Å². The van der Waals surface area contributed by atoms with Crippen molar-refractivity contribution >= 4 is 16.9 Å². The lowest BCUT2D eigenvalue weighted by Crippen LogP contribution is -2.00. The number of nitrogens with two attached hydrogens (primary N) is 1. The van der Waals surface area contributed by atoms with Crippen molar-refractivity contribution in [3.05, 3.63) is 48.9 Å². The third kappa shape index (κ3) is 1.96. The Morgan fingerprint density at radius 3 is 2.68 bits per heavy atom. The molecule has 22 heavy (non-hydrogen) atoms. The topological polar surface area (TPSA) is 106 Å². The molecule has 4 aromatic heterocycles. The highest BCUT2D eigenvalue weighted by molar-refractivity contribution is 5.89. The van der Waals surface area contributed by atoms with Crippen molar-refractivity contribution < 1.29 is 0 Å². The third-order valence-electron chi connectivity index (χ3n) is 3.31. The number of nitrogen functional groups attached to an aromatic ring is 1. The number of nitrogens with one attached hydrogen (secondary N) is 1. The number of H-pyrrole nitrogens is 1. The fourth-order valence-corrected chi connectivity index (χ4v) is 2.26. The Bertz CT molecular complexity index is 946. The number of fused-ring (bicyclic) bond motifs is 1. The van der Waals surface area contributed by atoms with Crippen LogP contribution < -0.4 is 5.73 Å². The molecule has 0 bridgehead atoms. The maximum absolute atomic E-state index is 6.06. The second kappa shape index (κ2) is 4.88. The SMILES string of the molecule is Nc1nc(-c2[nH]nc3ncccc23)ncc1-c1ccccn1. The van der Waals surface area contributed by atoms with Gasteiger partial charge in [-0.3, -0.25) is 10.1 Å². The molecule has 4 aromatic rings. The number of hydrogen-bond acceptors (Lipinski definition) is 6. The first-order valence-corrected chi connectivity index (χ1v) is 6.66. The molecule has 0 unspecified atom stereocenters. The van der Waals surface area contributed by atoms with E-state index >= 15 is 0 Å². The van der Waals surface area contributed by atoms with E-state index in [2.05, 4.69) is 30.1 Å². The summed E-state index contributed by atoms with van der Waals surface area (Å²) in [5.41, 5.74) is 8.82. The summed E-state index contributed by atoms with van der Waals surface area (Å²) in [5.74, 6) is 0.850. The molecule has 0 amide bonds. The Morgan fingerprint density at radius 2 is 1.86 bits per heavy atom. The highest BCUT2D eigenvalue weighted by atomic mass is 15.2. The molecule has 4 rings (SSSR count). The van der Waals surface area contributed by atoms with Gasteiger partial charge in [-0.15, -0.1) is 0 Å². The lowest BCUT2D eigenvalue weighted by atomic mass is 10.2. The molecule has 0 saturated heterocycles. The Kier molecular flexibility index (Phi) is 2.75. The minimum Gasteiger partial charge on any atom is -0.383 e. The van der Waals surface area contributed by atoms with Crippen LogP contribution in [-0.4, -0.2) is 30.1 Å². The molecule has 0 atom stereocenters. The minimum atomic E-state index is 0.371. The van der Waals surface area contributed by atoms with E-state index in [0.29, 0.717) is 28.5 Å². The first kappa shape index (κ1) is 12.4. The van der Waals surface area contributed by atoms with Gasteiger partial charge in [0.2, 0.25) is 0 Å². The van der Waals surface area contributed by atoms with Crippen molar-refractivity contribution in [3.63, 3.8) is 0 Å². The number of anilines is 1. The van der Waals surface area contributed by atoms with Crippen LogP contribution in [0, 0.1) is 0 Å². The second-order valence-electron chi connectivity index (χ2n) is 4.68. The highest BCUT2D eigenvalue weighted by Gasteiger charge is 2.13. The maximum atomic E-state index is 6.06. The second-order valence-corrected chi connectivity index (χ2v) is 4.68. The van der Waals surface area contributed by atoms with Crippen molar-refractivity contribution in [1.29, 1.82) is 0 Å². The van der Waals surface area contributed by atoms with E-state index in [0.717, 1.165) is 11.1 Å². The van der Waals surface area contributed by atoms with Crippen molar-refractivity contribution in [2.24, 2.45) is 0 Å². The lowest BCUT2D eigenvalue weighted by Gasteiger charge is -2.05. The lowest BCUT2D eigenvalue weighted by molar-refractivity contribution is 1.07. The number of rotatable bonds is 2. The normalized spacial score (nSPS) is 10.9. The van der Waals surface area contributed by atoms with Crippen molar-refractivity contribution in [2.75, 3.05) is 5.73 Å². The molecular weight excluding hydrogens is 278 g/mol. The Labute approximate surface area is 125 Å². The Hall–Kier alpha value is -3.35. The summed E-state index contributed by atoms with van der Waals surface area (Å²) in [6, 6.07) is 9.35. The summed E-state index contributed by atoms with van der Waals surface area (Å²) in [6.45, 7) is 0. The van der Waals surface area contributed by atoms with Gasteiger partial charge in [0.1, 0.15) is 11.5 Å². The number of aromatic nitrogens is 6. The zero-order valence-corrected chi connectivity index (χ0v) is 11.4. The first-order valence-electron chi connectivity index (χ1n) is 6.66. The molecule has 7 heteroatoms. The molecule has 0 saturated carbocycles. The van der Waals surface area contributed by atoms with Crippen LogP contribution in [0.15, 0.2) is 48.9 Å². The Morgan fingerprint density at radius 1 is 0.955 bits per heavy atom. The number of hydrogen-bond donors (Lipinski definition) is 2. The number of nitrogens with zero attached hydrogens (tertiary/aromatic N) is 5. The summed E-state index contributed by atoms with van der Waals surface area (Å²) in [5, 5.41) is 7.90. The predicted molar refractivity (Wildman–Crippen MR) is 82.6 cm³/mol. The van der Waals surface area contributed by atoms with Gasteiger partial charge in [0.15, 0.2) is 11.5 Å². The van der Waals surface area contributed by atoms with Gasteiger partial charge in [0, 0.05) is 24.0 Å². The molecule has 7 nitrogen and oxygen atoms in total. The van der Waals surface area contributed by atoms with Crippen molar-refractivity contribution in [3.8, 4) is 22.8 Å². The zero-order valence-electron chi connectivity index (χ0n) is 11.4. The van der Waals surface area contributed by atoms with Gasteiger partial charge in [-0.25, -0.2) is 15.0 Å². The van der Waals surface area contributed by atoms with E-state index in [1.165, 1.54) is 0 Å². The van der Waals surface area contributed by atoms with Crippen molar-refractivity contribution in [2.45, 2.75) is 0 Å². The molecule has 0 aliphatic heterocycles. The molecule has 0 spiro atoms. The van der Waals surface area contributed by atoms with Gasteiger partial charge in [0.25, 0.3) is 0 Å². The fraction of sp³-hybridized carbons (Fsp3) is 0. The van der Waals surface area contributed by atoms with Gasteiger partial charge in [-0.05, 0) is 24.3 Å². The smallest absolute Gasteiger partial charge is 0.181 e. The zero-order chi connectivity index (χ0) is 14.9. The van der Waals surface area contributed by atoms with Gasteiger partial charge in [-0.2, -0.15) is 5.10 Å². The monoisotopic (exact) mass is 289 g/mol. The van der Waals surface area contributed by atoms with E-state index in [4.69, 9.17) is 5.73 Å². The largest absolute Gasteiger partial charge is 0.383 e. The first-order chi connectivity index (χ1) is 10.8.